The van der Waals surface area contributed by atoms with E-state index in [1.165, 1.54) is 37.1 Å². The number of benzene rings is 2. The minimum atomic E-state index is -0.355. The smallest absolute Gasteiger partial charge is 0.352 e. The highest BCUT2D eigenvalue weighted by Gasteiger charge is 2.18. The van der Waals surface area contributed by atoms with Gasteiger partial charge in [-0.15, -0.1) is 16.4 Å². The molecule has 0 aliphatic rings. The lowest BCUT2D eigenvalue weighted by molar-refractivity contribution is 0.414. The molecule has 0 atom stereocenters. The molecule has 2 aromatic carbocycles. The molecule has 3 heterocycles. The van der Waals surface area contributed by atoms with Crippen LogP contribution in [0.4, 0.5) is 4.39 Å². The van der Waals surface area contributed by atoms with Gasteiger partial charge in [0.25, 0.3) is 5.56 Å². The third-order valence-corrected chi connectivity index (χ3v) is 6.03. The summed E-state index contributed by atoms with van der Waals surface area (Å²) in [7, 11) is 1.59. The van der Waals surface area contributed by atoms with E-state index in [2.05, 4.69) is 5.10 Å². The van der Waals surface area contributed by atoms with Crippen LogP contribution in [0.1, 0.15) is 11.1 Å². The molecule has 0 aliphatic carbocycles. The van der Waals surface area contributed by atoms with E-state index in [0.29, 0.717) is 10.2 Å². The molecule has 0 radical (unpaired) electrons. The lowest BCUT2D eigenvalue weighted by atomic mass is 10.2. The van der Waals surface area contributed by atoms with Gasteiger partial charge in [-0.25, -0.2) is 18.3 Å². The van der Waals surface area contributed by atoms with Crippen molar-refractivity contribution in [2.75, 3.05) is 7.11 Å². The summed E-state index contributed by atoms with van der Waals surface area (Å²) >= 11 is 1.29. The number of nitrogens with zero attached hydrogens (tertiary/aromatic N) is 4. The molecular formula is C22H17FN4O3S. The molecule has 0 amide bonds. The molecule has 9 heteroatoms. The summed E-state index contributed by atoms with van der Waals surface area (Å²) in [6.45, 7) is 0.427. The van der Waals surface area contributed by atoms with Gasteiger partial charge < -0.3 is 4.74 Å². The third-order valence-electron chi connectivity index (χ3n) is 5.13. The van der Waals surface area contributed by atoms with Crippen molar-refractivity contribution in [2.45, 2.75) is 13.1 Å². The van der Waals surface area contributed by atoms with E-state index in [4.69, 9.17) is 4.74 Å². The van der Waals surface area contributed by atoms with Crippen LogP contribution >= 0.6 is 11.3 Å². The summed E-state index contributed by atoms with van der Waals surface area (Å²) in [6, 6.07) is 15.0. The highest BCUT2D eigenvalue weighted by Crippen LogP contribution is 2.19. The van der Waals surface area contributed by atoms with Gasteiger partial charge in [0.1, 0.15) is 16.3 Å². The van der Waals surface area contributed by atoms with Gasteiger partial charge in [0.05, 0.1) is 25.7 Å². The quantitative estimate of drug-likeness (QED) is 0.425. The van der Waals surface area contributed by atoms with Gasteiger partial charge >= 0.3 is 5.69 Å². The fourth-order valence-electron chi connectivity index (χ4n) is 3.56. The minimum Gasteiger partial charge on any atom is -0.497 e. The molecule has 7 nitrogen and oxygen atoms in total. The van der Waals surface area contributed by atoms with Gasteiger partial charge in [0, 0.05) is 0 Å². The first-order valence-corrected chi connectivity index (χ1v) is 10.4. The SMILES string of the molecule is COc1ccc(Cn2c(=O)c3sccc3n3c(=O)n(Cc4ccc(F)cc4)nc23)cc1. The van der Waals surface area contributed by atoms with Crippen molar-refractivity contribution in [3.05, 3.63) is 97.8 Å². The predicted octanol–water partition coefficient (Wildman–Crippen LogP) is 3.12. The molecular weight excluding hydrogens is 419 g/mol. The number of ether oxygens (including phenoxy) is 1. The van der Waals surface area contributed by atoms with Crippen LogP contribution in [0, 0.1) is 5.82 Å². The van der Waals surface area contributed by atoms with Crippen LogP contribution in [-0.2, 0) is 13.1 Å². The van der Waals surface area contributed by atoms with Crippen LogP contribution in [0.2, 0.25) is 0 Å². The highest BCUT2D eigenvalue weighted by molar-refractivity contribution is 7.17. The van der Waals surface area contributed by atoms with Crippen molar-refractivity contribution < 1.29 is 9.13 Å². The zero-order valence-electron chi connectivity index (χ0n) is 16.5. The average Bonchev–Trinajstić information content (AvgIpc) is 3.38. The van der Waals surface area contributed by atoms with Crippen LogP contribution < -0.4 is 16.0 Å². The Labute approximate surface area is 179 Å². The second kappa shape index (κ2) is 7.51. The Kier molecular flexibility index (Phi) is 4.67. The molecule has 3 aromatic heterocycles. The van der Waals surface area contributed by atoms with Crippen molar-refractivity contribution in [2.24, 2.45) is 0 Å². The maximum Gasteiger partial charge on any atom is 0.352 e. The number of aromatic nitrogens is 4. The topological polar surface area (TPSA) is 70.5 Å². The first-order valence-electron chi connectivity index (χ1n) is 9.52. The Morgan fingerprint density at radius 1 is 0.968 bits per heavy atom. The lowest BCUT2D eigenvalue weighted by Gasteiger charge is -2.08. The van der Waals surface area contributed by atoms with E-state index in [1.807, 2.05) is 24.3 Å². The molecule has 31 heavy (non-hydrogen) atoms. The van der Waals surface area contributed by atoms with Crippen molar-refractivity contribution in [3.63, 3.8) is 0 Å². The minimum absolute atomic E-state index is 0.170. The van der Waals surface area contributed by atoms with Crippen molar-refractivity contribution >= 4 is 27.3 Å². The molecule has 0 unspecified atom stereocenters. The largest absolute Gasteiger partial charge is 0.497 e. The monoisotopic (exact) mass is 436 g/mol. The van der Waals surface area contributed by atoms with Crippen LogP contribution in [0.5, 0.6) is 5.75 Å². The number of rotatable bonds is 5. The number of thiophene rings is 1. The number of halogens is 1. The van der Waals surface area contributed by atoms with Gasteiger partial charge in [0.2, 0.25) is 5.78 Å². The summed E-state index contributed by atoms with van der Waals surface area (Å²) in [6.07, 6.45) is 0. The maximum absolute atomic E-state index is 13.2. The standard InChI is InChI=1S/C22H17FN4O3S/c1-30-17-8-4-14(5-9-17)12-25-20(28)19-18(10-11-31-19)27-21(25)24-26(22(27)29)13-15-2-6-16(23)7-3-15/h2-11H,12-13H2,1H3. The van der Waals surface area contributed by atoms with Gasteiger partial charge in [-0.1, -0.05) is 24.3 Å². The molecule has 0 fully saturated rings. The zero-order valence-corrected chi connectivity index (χ0v) is 17.3. The molecule has 0 spiro atoms. The van der Waals surface area contributed by atoms with E-state index < -0.39 is 0 Å². The van der Waals surface area contributed by atoms with Crippen molar-refractivity contribution in [1.82, 2.24) is 18.7 Å². The molecule has 156 valence electrons. The van der Waals surface area contributed by atoms with E-state index in [0.717, 1.165) is 16.9 Å². The zero-order chi connectivity index (χ0) is 21.5. The number of methoxy groups -OCH3 is 1. The second-order valence-corrected chi connectivity index (χ2v) is 7.99. The summed E-state index contributed by atoms with van der Waals surface area (Å²) < 4.78 is 23.2. The normalized spacial score (nSPS) is 11.4. The summed E-state index contributed by atoms with van der Waals surface area (Å²) in [4.78, 5) is 26.4. The van der Waals surface area contributed by atoms with Gasteiger partial charge in [-0.3, -0.25) is 9.36 Å². The fraction of sp³-hybridized carbons (Fsp3) is 0.136. The van der Waals surface area contributed by atoms with Crippen LogP contribution in [0.3, 0.4) is 0 Å². The van der Waals surface area contributed by atoms with E-state index in [9.17, 15) is 14.0 Å². The third kappa shape index (κ3) is 3.32. The number of fused-ring (bicyclic) bond motifs is 3. The van der Waals surface area contributed by atoms with E-state index in [1.54, 1.807) is 30.7 Å². The van der Waals surface area contributed by atoms with Crippen molar-refractivity contribution in [3.8, 4) is 5.75 Å². The molecule has 0 bridgehead atoms. The van der Waals surface area contributed by atoms with Crippen LogP contribution in [-0.4, -0.2) is 25.9 Å². The van der Waals surface area contributed by atoms with Crippen LogP contribution in [0.25, 0.3) is 16.0 Å². The Morgan fingerprint density at radius 3 is 2.35 bits per heavy atom. The van der Waals surface area contributed by atoms with Crippen LogP contribution in [0.15, 0.2) is 69.6 Å². The maximum atomic E-state index is 13.2. The fourth-order valence-corrected chi connectivity index (χ4v) is 4.38. The number of hydrogen-bond donors (Lipinski definition) is 0. The first kappa shape index (κ1) is 19.3. The van der Waals surface area contributed by atoms with E-state index >= 15 is 0 Å². The molecule has 5 aromatic rings. The molecule has 0 aliphatic heterocycles. The molecule has 0 saturated heterocycles. The van der Waals surface area contributed by atoms with Gasteiger partial charge in [-0.2, -0.15) is 0 Å². The summed E-state index contributed by atoms with van der Waals surface area (Å²) in [5.41, 5.74) is 1.59. The lowest BCUT2D eigenvalue weighted by Crippen LogP contribution is -2.26. The second-order valence-electron chi connectivity index (χ2n) is 7.08. The Balaban J connectivity index is 1.68. The number of hydrogen-bond acceptors (Lipinski definition) is 5. The Bertz CT molecular complexity index is 1510. The van der Waals surface area contributed by atoms with Gasteiger partial charge in [0.15, 0.2) is 0 Å². The van der Waals surface area contributed by atoms with Gasteiger partial charge in [-0.05, 0) is 46.8 Å². The molecule has 5 rings (SSSR count). The average molecular weight is 436 g/mol. The Hall–Kier alpha value is -3.72. The highest BCUT2D eigenvalue weighted by atomic mass is 32.1. The first-order chi connectivity index (χ1) is 15.0. The van der Waals surface area contributed by atoms with E-state index in [-0.39, 0.29) is 35.9 Å². The van der Waals surface area contributed by atoms with Crippen molar-refractivity contribution in [1.29, 1.82) is 0 Å². The predicted molar refractivity (Wildman–Crippen MR) is 117 cm³/mol. The summed E-state index contributed by atoms with van der Waals surface area (Å²) in [5.74, 6) is 0.632. The molecule has 0 saturated carbocycles. The molecule has 0 N–H and O–H groups in total. The Morgan fingerprint density at radius 2 is 1.65 bits per heavy atom. The summed E-state index contributed by atoms with van der Waals surface area (Å²) in [5, 5.41) is 6.25.